The standard InChI is InChI=1S/C24H25F4N7O2/c1-23(2,37-20-8-3-13(25)9-18(20)24(26,27)28)22(36)30-14-10-15-4-5-16(11-14)35(15)17-6-7-19(29-12-17)21-31-33-34-32-21/h3,6-9,12,14-16H,4-5,10-11H2,1-2H3,(H,30,36)(H,31,32,33,34)/t14?,15-,16+. The fourth-order valence-electron chi connectivity index (χ4n) is 5.15. The molecule has 1 unspecified atom stereocenters. The van der Waals surface area contributed by atoms with Crippen LogP contribution in [-0.4, -0.2) is 55.2 Å². The molecule has 2 saturated heterocycles. The number of aromatic amines is 1. The molecule has 0 spiro atoms. The van der Waals surface area contributed by atoms with Crippen LogP contribution >= 0.6 is 0 Å². The molecule has 0 radical (unpaired) electrons. The van der Waals surface area contributed by atoms with Crippen molar-refractivity contribution >= 4 is 11.6 Å². The SMILES string of the molecule is CC(C)(Oc1ccc(F)cc1C(F)(F)F)C(=O)NC1C[C@H]2CC[C@@H](C1)N2c1ccc(-c2nn[nH]n2)nc1. The molecule has 2 aromatic heterocycles. The smallest absolute Gasteiger partial charge is 0.420 e. The molecule has 3 atom stereocenters. The molecule has 2 N–H and O–H groups in total. The van der Waals surface area contributed by atoms with Crippen LogP contribution in [0, 0.1) is 5.82 Å². The van der Waals surface area contributed by atoms with Crippen LogP contribution in [0.15, 0.2) is 36.5 Å². The number of nitrogens with zero attached hydrogens (tertiary/aromatic N) is 5. The molecule has 2 bridgehead atoms. The van der Waals surface area contributed by atoms with E-state index in [1.54, 1.807) is 6.20 Å². The largest absolute Gasteiger partial charge is 0.477 e. The highest BCUT2D eigenvalue weighted by Gasteiger charge is 2.43. The number of nitrogens with one attached hydrogen (secondary N) is 2. The Morgan fingerprint density at radius 1 is 1.14 bits per heavy atom. The lowest BCUT2D eigenvalue weighted by Crippen LogP contribution is -2.55. The maximum Gasteiger partial charge on any atom is 0.420 e. The van der Waals surface area contributed by atoms with E-state index in [0.29, 0.717) is 30.4 Å². The predicted octanol–water partition coefficient (Wildman–Crippen LogP) is 3.89. The van der Waals surface area contributed by atoms with Crippen molar-refractivity contribution < 1.29 is 27.1 Å². The lowest BCUT2D eigenvalue weighted by atomic mass is 9.95. The Morgan fingerprint density at radius 2 is 1.86 bits per heavy atom. The molecule has 1 aromatic carbocycles. The Morgan fingerprint density at radius 3 is 2.46 bits per heavy atom. The summed E-state index contributed by atoms with van der Waals surface area (Å²) < 4.78 is 59.1. The topological polar surface area (TPSA) is 109 Å². The summed E-state index contributed by atoms with van der Waals surface area (Å²) in [5.41, 5.74) is -1.31. The molecule has 1 amide bonds. The number of ether oxygens (including phenoxy) is 1. The maximum atomic E-state index is 13.4. The van der Waals surface area contributed by atoms with E-state index in [-0.39, 0.29) is 18.1 Å². The van der Waals surface area contributed by atoms with Crippen LogP contribution in [0.25, 0.3) is 11.5 Å². The first-order chi connectivity index (χ1) is 17.5. The summed E-state index contributed by atoms with van der Waals surface area (Å²) in [7, 11) is 0. The number of aromatic nitrogens is 5. The van der Waals surface area contributed by atoms with Gasteiger partial charge in [-0.25, -0.2) is 4.39 Å². The van der Waals surface area contributed by atoms with E-state index in [0.717, 1.165) is 30.7 Å². The van der Waals surface area contributed by atoms with E-state index < -0.39 is 34.8 Å². The van der Waals surface area contributed by atoms with Crippen molar-refractivity contribution in [2.24, 2.45) is 0 Å². The summed E-state index contributed by atoms with van der Waals surface area (Å²) in [5.74, 6) is -1.76. The zero-order valence-electron chi connectivity index (χ0n) is 20.1. The van der Waals surface area contributed by atoms with Gasteiger partial charge in [0.25, 0.3) is 5.91 Å². The van der Waals surface area contributed by atoms with Gasteiger partial charge in [0.05, 0.1) is 11.9 Å². The van der Waals surface area contributed by atoms with Gasteiger partial charge < -0.3 is 15.0 Å². The Kier molecular flexibility index (Phi) is 6.24. The van der Waals surface area contributed by atoms with E-state index in [2.05, 4.69) is 35.8 Å². The second-order valence-corrected chi connectivity index (χ2v) is 9.82. The Labute approximate surface area is 209 Å². The van der Waals surface area contributed by atoms with Crippen molar-refractivity contribution in [1.29, 1.82) is 0 Å². The molecule has 196 valence electrons. The molecule has 9 nitrogen and oxygen atoms in total. The third-order valence-corrected chi connectivity index (χ3v) is 6.85. The van der Waals surface area contributed by atoms with Crippen molar-refractivity contribution in [2.45, 2.75) is 69.4 Å². The molecule has 2 fully saturated rings. The number of piperidine rings is 1. The monoisotopic (exact) mass is 519 g/mol. The van der Waals surface area contributed by atoms with E-state index in [1.807, 2.05) is 12.1 Å². The van der Waals surface area contributed by atoms with Gasteiger partial charge in [0, 0.05) is 18.1 Å². The second kappa shape index (κ2) is 9.27. The number of hydrogen-bond acceptors (Lipinski definition) is 7. The average Bonchev–Trinajstić information content (AvgIpc) is 3.46. The molecule has 2 aliphatic heterocycles. The van der Waals surface area contributed by atoms with Gasteiger partial charge in [0.15, 0.2) is 5.60 Å². The van der Waals surface area contributed by atoms with Crippen molar-refractivity contribution in [1.82, 2.24) is 30.9 Å². The highest BCUT2D eigenvalue weighted by molar-refractivity contribution is 5.85. The van der Waals surface area contributed by atoms with Crippen LogP contribution in [0.2, 0.25) is 0 Å². The van der Waals surface area contributed by atoms with Crippen molar-refractivity contribution in [3.63, 3.8) is 0 Å². The molecule has 0 aliphatic carbocycles. The minimum Gasteiger partial charge on any atom is -0.477 e. The highest BCUT2D eigenvalue weighted by atomic mass is 19.4. The number of halogens is 4. The fraction of sp³-hybridized carbons (Fsp3) is 0.458. The Bertz CT molecular complexity index is 1250. The normalized spacial score (nSPS) is 21.7. The van der Waals surface area contributed by atoms with Crippen LogP contribution in [0.5, 0.6) is 5.75 Å². The molecule has 0 saturated carbocycles. The number of rotatable bonds is 6. The van der Waals surface area contributed by atoms with E-state index in [1.165, 1.54) is 13.8 Å². The van der Waals surface area contributed by atoms with Crippen LogP contribution in [-0.2, 0) is 11.0 Å². The van der Waals surface area contributed by atoms with Crippen molar-refractivity contribution in [3.8, 4) is 17.3 Å². The molecule has 5 rings (SSSR count). The van der Waals surface area contributed by atoms with Gasteiger partial charge in [0.1, 0.15) is 22.8 Å². The van der Waals surface area contributed by atoms with Crippen LogP contribution in [0.4, 0.5) is 23.2 Å². The van der Waals surface area contributed by atoms with Crippen molar-refractivity contribution in [2.75, 3.05) is 4.90 Å². The summed E-state index contributed by atoms with van der Waals surface area (Å²) in [4.78, 5) is 19.8. The number of amides is 1. The number of carbonyl (C=O) groups excluding carboxylic acids is 1. The van der Waals surface area contributed by atoms with Gasteiger partial charge in [-0.1, -0.05) is 0 Å². The second-order valence-electron chi connectivity index (χ2n) is 9.82. The number of anilines is 1. The Balaban J connectivity index is 1.24. The number of fused-ring (bicyclic) bond motifs is 2. The van der Waals surface area contributed by atoms with Gasteiger partial charge in [0.2, 0.25) is 5.82 Å². The van der Waals surface area contributed by atoms with Crippen LogP contribution in [0.3, 0.4) is 0 Å². The molecule has 2 aliphatic rings. The molecular formula is C24H25F4N7O2. The summed E-state index contributed by atoms with van der Waals surface area (Å²) in [5, 5.41) is 16.8. The van der Waals surface area contributed by atoms with Gasteiger partial charge in [-0.15, -0.1) is 10.2 Å². The van der Waals surface area contributed by atoms with E-state index >= 15 is 0 Å². The number of tetrazole rings is 1. The lowest BCUT2D eigenvalue weighted by Gasteiger charge is -2.41. The lowest BCUT2D eigenvalue weighted by molar-refractivity contribution is -0.144. The molecule has 37 heavy (non-hydrogen) atoms. The van der Waals surface area contributed by atoms with Gasteiger partial charge in [-0.2, -0.15) is 18.4 Å². The van der Waals surface area contributed by atoms with Gasteiger partial charge in [-0.05, 0) is 75.1 Å². The average molecular weight is 520 g/mol. The molecular weight excluding hydrogens is 494 g/mol. The predicted molar refractivity (Wildman–Crippen MR) is 124 cm³/mol. The highest BCUT2D eigenvalue weighted by Crippen LogP contribution is 2.40. The first-order valence-corrected chi connectivity index (χ1v) is 11.9. The van der Waals surface area contributed by atoms with Crippen molar-refractivity contribution in [3.05, 3.63) is 47.9 Å². The minimum atomic E-state index is -4.82. The summed E-state index contributed by atoms with van der Waals surface area (Å²) in [6.45, 7) is 2.79. The third-order valence-electron chi connectivity index (χ3n) is 6.85. The third kappa shape index (κ3) is 5.07. The first-order valence-electron chi connectivity index (χ1n) is 11.9. The number of alkyl halides is 3. The molecule has 4 heterocycles. The number of H-pyrrole nitrogens is 1. The number of benzene rings is 1. The number of hydrogen-bond donors (Lipinski definition) is 2. The maximum absolute atomic E-state index is 13.4. The summed E-state index contributed by atoms with van der Waals surface area (Å²) in [6.07, 6.45) is 0.203. The molecule has 3 aromatic rings. The van der Waals surface area contributed by atoms with Gasteiger partial charge >= 0.3 is 6.18 Å². The summed E-state index contributed by atoms with van der Waals surface area (Å²) >= 11 is 0. The Hall–Kier alpha value is -3.77. The number of carbonyl (C=O) groups is 1. The van der Waals surface area contributed by atoms with E-state index in [4.69, 9.17) is 4.74 Å². The quantitative estimate of drug-likeness (QED) is 0.476. The van der Waals surface area contributed by atoms with Gasteiger partial charge in [-0.3, -0.25) is 9.78 Å². The molecule has 13 heteroatoms. The fourth-order valence-corrected chi connectivity index (χ4v) is 5.15. The first kappa shape index (κ1) is 24.9. The van der Waals surface area contributed by atoms with Crippen LogP contribution < -0.4 is 15.0 Å². The van der Waals surface area contributed by atoms with E-state index in [9.17, 15) is 22.4 Å². The zero-order chi connectivity index (χ0) is 26.4. The minimum absolute atomic E-state index is 0.161. The zero-order valence-corrected chi connectivity index (χ0v) is 20.1. The number of pyridine rings is 1. The summed E-state index contributed by atoms with van der Waals surface area (Å²) in [6, 6.07) is 6.11. The van der Waals surface area contributed by atoms with Crippen LogP contribution in [0.1, 0.15) is 45.1 Å².